The lowest BCUT2D eigenvalue weighted by Gasteiger charge is -2.24. The molecule has 1 aliphatic heterocycles. The van der Waals surface area contributed by atoms with E-state index < -0.39 is 0 Å². The first-order chi connectivity index (χ1) is 11.8. The van der Waals surface area contributed by atoms with Gasteiger partial charge >= 0.3 is 0 Å². The summed E-state index contributed by atoms with van der Waals surface area (Å²) in [4.78, 5) is 14.3. The van der Waals surface area contributed by atoms with Gasteiger partial charge in [-0.2, -0.15) is 10.4 Å². The summed E-state index contributed by atoms with van der Waals surface area (Å²) in [6, 6.07) is 11.5. The van der Waals surface area contributed by atoms with Crippen molar-refractivity contribution in [3.05, 3.63) is 48.3 Å². The Labute approximate surface area is 141 Å². The lowest BCUT2D eigenvalue weighted by atomic mass is 10.2. The Morgan fingerprint density at radius 1 is 1.38 bits per heavy atom. The molecule has 1 amide bonds. The molecule has 1 fully saturated rings. The molecule has 24 heavy (non-hydrogen) atoms. The first kappa shape index (κ1) is 16.1. The van der Waals surface area contributed by atoms with E-state index in [-0.39, 0.29) is 18.6 Å². The number of nitrogens with zero attached hydrogens (tertiary/aromatic N) is 4. The molecule has 2 heterocycles. The molecule has 124 valence electrons. The minimum absolute atomic E-state index is 0.00533. The van der Waals surface area contributed by atoms with Crippen LogP contribution in [0.4, 0.5) is 0 Å². The lowest BCUT2D eigenvalue weighted by molar-refractivity contribution is -0.134. The van der Waals surface area contributed by atoms with Gasteiger partial charge in [0.1, 0.15) is 5.75 Å². The quantitative estimate of drug-likeness (QED) is 0.815. The summed E-state index contributed by atoms with van der Waals surface area (Å²) in [5.74, 6) is 0.652. The molecule has 2 aromatic rings. The van der Waals surface area contributed by atoms with Gasteiger partial charge in [-0.25, -0.2) is 0 Å². The van der Waals surface area contributed by atoms with Crippen molar-refractivity contribution in [2.45, 2.75) is 31.8 Å². The van der Waals surface area contributed by atoms with Gasteiger partial charge in [0, 0.05) is 18.9 Å². The fourth-order valence-corrected chi connectivity index (χ4v) is 3.00. The van der Waals surface area contributed by atoms with Gasteiger partial charge in [0.05, 0.1) is 25.1 Å². The third-order valence-corrected chi connectivity index (χ3v) is 4.22. The fourth-order valence-electron chi connectivity index (χ4n) is 3.00. The van der Waals surface area contributed by atoms with Crippen LogP contribution in [0.1, 0.15) is 18.4 Å². The Morgan fingerprint density at radius 2 is 2.21 bits per heavy atom. The van der Waals surface area contributed by atoms with Crippen molar-refractivity contribution >= 4 is 5.91 Å². The van der Waals surface area contributed by atoms with E-state index in [0.717, 1.165) is 31.5 Å². The highest BCUT2D eigenvalue weighted by atomic mass is 16.5. The molecule has 0 saturated carbocycles. The van der Waals surface area contributed by atoms with Crippen molar-refractivity contribution in [3.63, 3.8) is 0 Å². The van der Waals surface area contributed by atoms with Crippen LogP contribution in [0.5, 0.6) is 5.75 Å². The number of carbonyl (C=O) groups excluding carboxylic acids is 1. The van der Waals surface area contributed by atoms with Crippen LogP contribution >= 0.6 is 0 Å². The average molecular weight is 324 g/mol. The molecule has 0 aliphatic carbocycles. The minimum atomic E-state index is 0.00533. The molecular weight excluding hydrogens is 304 g/mol. The van der Waals surface area contributed by atoms with Crippen LogP contribution in [0.2, 0.25) is 0 Å². The molecule has 0 bridgehead atoms. The van der Waals surface area contributed by atoms with Crippen LogP contribution in [0.25, 0.3) is 0 Å². The average Bonchev–Trinajstić information content (AvgIpc) is 3.27. The normalized spacial score (nSPS) is 16.8. The smallest absolute Gasteiger partial charge is 0.260 e. The Morgan fingerprint density at radius 3 is 2.92 bits per heavy atom. The number of carbonyl (C=O) groups is 1. The van der Waals surface area contributed by atoms with E-state index in [2.05, 4.69) is 11.2 Å². The van der Waals surface area contributed by atoms with Gasteiger partial charge in [-0.05, 0) is 36.6 Å². The van der Waals surface area contributed by atoms with Gasteiger partial charge in [-0.1, -0.05) is 12.1 Å². The van der Waals surface area contributed by atoms with Gasteiger partial charge in [-0.15, -0.1) is 0 Å². The van der Waals surface area contributed by atoms with E-state index >= 15 is 0 Å². The van der Waals surface area contributed by atoms with E-state index in [9.17, 15) is 4.79 Å². The maximum atomic E-state index is 12.5. The Kier molecular flexibility index (Phi) is 5.12. The van der Waals surface area contributed by atoms with E-state index in [1.807, 2.05) is 34.0 Å². The maximum absolute atomic E-state index is 12.5. The highest BCUT2D eigenvalue weighted by Gasteiger charge is 2.29. The van der Waals surface area contributed by atoms with Crippen molar-refractivity contribution in [1.29, 1.82) is 5.26 Å². The molecule has 3 rings (SSSR count). The number of rotatable bonds is 6. The van der Waals surface area contributed by atoms with E-state index in [0.29, 0.717) is 12.2 Å². The fraction of sp³-hybridized carbons (Fsp3) is 0.389. The molecule has 1 aromatic heterocycles. The van der Waals surface area contributed by atoms with E-state index in [4.69, 9.17) is 10.00 Å². The topological polar surface area (TPSA) is 71.2 Å². The number of ether oxygens (including phenoxy) is 1. The van der Waals surface area contributed by atoms with Crippen LogP contribution in [-0.2, 0) is 17.8 Å². The number of amides is 1. The van der Waals surface area contributed by atoms with Crippen molar-refractivity contribution < 1.29 is 9.53 Å². The molecule has 0 N–H and O–H groups in total. The zero-order valence-electron chi connectivity index (χ0n) is 13.5. The van der Waals surface area contributed by atoms with Gasteiger partial charge in [0.2, 0.25) is 0 Å². The summed E-state index contributed by atoms with van der Waals surface area (Å²) in [5.41, 5.74) is 0.940. The minimum Gasteiger partial charge on any atom is -0.484 e. The van der Waals surface area contributed by atoms with Crippen LogP contribution in [-0.4, -0.2) is 39.8 Å². The summed E-state index contributed by atoms with van der Waals surface area (Å²) >= 11 is 0. The number of aromatic nitrogens is 2. The van der Waals surface area contributed by atoms with Gasteiger partial charge in [-0.3, -0.25) is 9.48 Å². The second-order valence-corrected chi connectivity index (χ2v) is 5.88. The van der Waals surface area contributed by atoms with Crippen LogP contribution in [0, 0.1) is 11.3 Å². The molecule has 1 aliphatic rings. The zero-order valence-corrected chi connectivity index (χ0v) is 13.5. The Hall–Kier alpha value is -2.81. The number of likely N-dealkylation sites (tertiary alicyclic amines) is 1. The largest absolute Gasteiger partial charge is 0.484 e. The molecule has 6 nitrogen and oxygen atoms in total. The van der Waals surface area contributed by atoms with Crippen LogP contribution in [0.3, 0.4) is 0 Å². The lowest BCUT2D eigenvalue weighted by Crippen LogP contribution is -2.40. The number of nitriles is 1. The highest BCUT2D eigenvalue weighted by molar-refractivity contribution is 5.78. The molecule has 1 saturated heterocycles. The van der Waals surface area contributed by atoms with Crippen LogP contribution in [0.15, 0.2) is 42.7 Å². The summed E-state index contributed by atoms with van der Waals surface area (Å²) in [6.07, 6.45) is 6.05. The monoisotopic (exact) mass is 324 g/mol. The summed E-state index contributed by atoms with van der Waals surface area (Å²) in [5, 5.41) is 12.9. The van der Waals surface area contributed by atoms with Gasteiger partial charge in [0.25, 0.3) is 5.91 Å². The highest BCUT2D eigenvalue weighted by Crippen LogP contribution is 2.19. The van der Waals surface area contributed by atoms with Crippen LogP contribution < -0.4 is 4.74 Å². The molecular formula is C18H20N4O2. The predicted octanol–water partition coefficient (Wildman–Crippen LogP) is 2.02. The molecule has 1 aromatic carbocycles. The first-order valence-corrected chi connectivity index (χ1v) is 8.12. The first-order valence-electron chi connectivity index (χ1n) is 8.12. The Bertz CT molecular complexity index is 704. The second-order valence-electron chi connectivity index (χ2n) is 5.88. The second kappa shape index (κ2) is 7.64. The van der Waals surface area contributed by atoms with Crippen molar-refractivity contribution in [1.82, 2.24) is 14.7 Å². The number of benzene rings is 1. The molecule has 0 radical (unpaired) electrons. The maximum Gasteiger partial charge on any atom is 0.260 e. The Balaban J connectivity index is 1.53. The standard InChI is InChI=1S/C18H20N4O2/c19-9-8-15-4-6-17(7-5-15)24-14-18(23)22-12-1-3-16(22)13-21-11-2-10-20-21/h2,4-7,10-11,16H,1,3,8,12-14H2/t16-/m1/s1. The number of hydrogen-bond donors (Lipinski definition) is 0. The van der Waals surface area contributed by atoms with Gasteiger partial charge < -0.3 is 9.64 Å². The summed E-state index contributed by atoms with van der Waals surface area (Å²) in [7, 11) is 0. The summed E-state index contributed by atoms with van der Waals surface area (Å²) < 4.78 is 7.47. The number of hydrogen-bond acceptors (Lipinski definition) is 4. The van der Waals surface area contributed by atoms with Crippen molar-refractivity contribution in [2.75, 3.05) is 13.2 Å². The molecule has 0 unspecified atom stereocenters. The third kappa shape index (κ3) is 3.93. The third-order valence-electron chi connectivity index (χ3n) is 4.22. The summed E-state index contributed by atoms with van der Waals surface area (Å²) in [6.45, 7) is 1.53. The van der Waals surface area contributed by atoms with E-state index in [1.165, 1.54) is 0 Å². The van der Waals surface area contributed by atoms with Crippen molar-refractivity contribution in [2.24, 2.45) is 0 Å². The van der Waals surface area contributed by atoms with E-state index in [1.54, 1.807) is 18.3 Å². The van der Waals surface area contributed by atoms with Crippen molar-refractivity contribution in [3.8, 4) is 11.8 Å². The van der Waals surface area contributed by atoms with Gasteiger partial charge in [0.15, 0.2) is 6.61 Å². The SMILES string of the molecule is N#CCc1ccc(OCC(=O)N2CCC[C@@H]2Cn2cccn2)cc1. The molecule has 0 spiro atoms. The molecule has 6 heteroatoms. The predicted molar refractivity (Wildman–Crippen MR) is 88.2 cm³/mol. The zero-order chi connectivity index (χ0) is 16.8. The molecule has 1 atom stereocenters.